The van der Waals surface area contributed by atoms with Crippen molar-refractivity contribution in [1.29, 1.82) is 0 Å². The van der Waals surface area contributed by atoms with Crippen LogP contribution in [0.25, 0.3) is 11.3 Å². The minimum atomic E-state index is -0.390. The molecule has 6 rings (SSSR count). The van der Waals surface area contributed by atoms with E-state index in [1.54, 1.807) is 17.2 Å². The van der Waals surface area contributed by atoms with Gasteiger partial charge in [0.15, 0.2) is 0 Å². The van der Waals surface area contributed by atoms with Crippen LogP contribution < -0.4 is 10.1 Å². The monoisotopic (exact) mass is 499 g/mol. The summed E-state index contributed by atoms with van der Waals surface area (Å²) < 4.78 is 21.4. The second kappa shape index (κ2) is 9.33. The number of aromatic nitrogens is 3. The molecule has 9 heteroatoms. The Morgan fingerprint density at radius 2 is 2.05 bits per heavy atom. The van der Waals surface area contributed by atoms with E-state index in [1.165, 1.54) is 12.1 Å². The van der Waals surface area contributed by atoms with Gasteiger partial charge in [-0.3, -0.25) is 4.79 Å². The molecule has 4 heterocycles. The van der Waals surface area contributed by atoms with Crippen molar-refractivity contribution in [2.24, 2.45) is 0 Å². The largest absolute Gasteiger partial charge is 0.493 e. The Morgan fingerprint density at radius 3 is 2.92 bits per heavy atom. The first kappa shape index (κ1) is 23.2. The number of rotatable bonds is 6. The highest BCUT2D eigenvalue weighted by atomic mass is 19.1. The predicted octanol–water partition coefficient (Wildman–Crippen LogP) is 4.22. The Morgan fingerprint density at radius 1 is 1.16 bits per heavy atom. The van der Waals surface area contributed by atoms with Crippen molar-refractivity contribution in [2.45, 2.75) is 33.0 Å². The first-order chi connectivity index (χ1) is 18.0. The van der Waals surface area contributed by atoms with Crippen LogP contribution in [0, 0.1) is 12.7 Å². The van der Waals surface area contributed by atoms with E-state index in [9.17, 15) is 14.3 Å². The van der Waals surface area contributed by atoms with E-state index in [2.05, 4.69) is 10.3 Å². The third kappa shape index (κ3) is 4.31. The fraction of sp³-hybridized carbons (Fsp3) is 0.250. The Kier molecular flexibility index (Phi) is 5.84. The van der Waals surface area contributed by atoms with Gasteiger partial charge in [-0.05, 0) is 53.9 Å². The molecule has 2 N–H and O–H groups in total. The van der Waals surface area contributed by atoms with Gasteiger partial charge < -0.3 is 24.6 Å². The number of ether oxygens (including phenoxy) is 1. The topological polar surface area (TPSA) is 92.5 Å². The number of aryl methyl sites for hydroxylation is 1. The number of fused-ring (bicyclic) bond motifs is 2. The summed E-state index contributed by atoms with van der Waals surface area (Å²) in [7, 11) is 0. The van der Waals surface area contributed by atoms with Gasteiger partial charge in [0, 0.05) is 55.3 Å². The second-order valence-electron chi connectivity index (χ2n) is 9.34. The molecule has 0 saturated carbocycles. The fourth-order valence-electron chi connectivity index (χ4n) is 5.00. The molecule has 2 aliphatic heterocycles. The molecular weight excluding hydrogens is 473 g/mol. The van der Waals surface area contributed by atoms with Gasteiger partial charge in [0.2, 0.25) is 5.95 Å². The van der Waals surface area contributed by atoms with Crippen molar-refractivity contribution >= 4 is 17.5 Å². The number of anilines is 2. The first-order valence-corrected chi connectivity index (χ1v) is 12.2. The van der Waals surface area contributed by atoms with Crippen molar-refractivity contribution in [1.82, 2.24) is 19.4 Å². The number of nitrogens with zero attached hydrogens (tertiary/aromatic N) is 4. The molecule has 37 heavy (non-hydrogen) atoms. The molecule has 0 radical (unpaired) electrons. The Bertz CT molecular complexity index is 1520. The molecule has 0 saturated heterocycles. The van der Waals surface area contributed by atoms with Gasteiger partial charge in [0.05, 0.1) is 18.9 Å². The molecule has 0 bridgehead atoms. The van der Waals surface area contributed by atoms with Crippen LogP contribution in [-0.4, -0.2) is 43.6 Å². The van der Waals surface area contributed by atoms with Crippen LogP contribution in [0.5, 0.6) is 5.75 Å². The molecule has 0 unspecified atom stereocenters. The highest BCUT2D eigenvalue weighted by Gasteiger charge is 2.27. The number of hydrogen-bond acceptors (Lipinski definition) is 6. The average Bonchev–Trinajstić information content (AvgIpc) is 3.55. The van der Waals surface area contributed by atoms with E-state index in [-0.39, 0.29) is 24.9 Å². The summed E-state index contributed by atoms with van der Waals surface area (Å²) in [5.41, 5.74) is 6.28. The number of hydrogen-bond donors (Lipinski definition) is 2. The number of carbonyl (C=O) groups is 1. The lowest BCUT2D eigenvalue weighted by molar-refractivity contribution is 0.0689. The van der Waals surface area contributed by atoms with Gasteiger partial charge in [-0.2, -0.15) is 0 Å². The maximum absolute atomic E-state index is 13.8. The summed E-state index contributed by atoms with van der Waals surface area (Å²) in [5, 5.41) is 13.0. The maximum atomic E-state index is 13.8. The third-order valence-corrected chi connectivity index (χ3v) is 6.95. The number of amides is 1. The van der Waals surface area contributed by atoms with E-state index < -0.39 is 0 Å². The molecule has 188 valence electrons. The lowest BCUT2D eigenvalue weighted by atomic mass is 10.1. The quantitative estimate of drug-likeness (QED) is 0.413. The summed E-state index contributed by atoms with van der Waals surface area (Å²) in [4.78, 5) is 24.3. The van der Waals surface area contributed by atoms with E-state index in [1.807, 2.05) is 42.0 Å². The van der Waals surface area contributed by atoms with Crippen LogP contribution in [0.15, 0.2) is 54.9 Å². The van der Waals surface area contributed by atoms with Crippen molar-refractivity contribution in [2.75, 3.05) is 18.5 Å². The SMILES string of the molecule is Cc1cnc(Nc2cccc3c2CCO3)nc1-c1cc2n(c1)CCN(Cc1cc(F)ccc1CO)C2=O. The highest BCUT2D eigenvalue weighted by molar-refractivity contribution is 5.95. The Labute approximate surface area is 213 Å². The average molecular weight is 500 g/mol. The molecule has 0 fully saturated rings. The van der Waals surface area contributed by atoms with E-state index in [0.29, 0.717) is 42.5 Å². The van der Waals surface area contributed by atoms with Crippen LogP contribution in [0.4, 0.5) is 16.0 Å². The number of benzene rings is 2. The van der Waals surface area contributed by atoms with Gasteiger partial charge in [-0.1, -0.05) is 12.1 Å². The zero-order valence-corrected chi connectivity index (χ0v) is 20.4. The van der Waals surface area contributed by atoms with Gasteiger partial charge >= 0.3 is 0 Å². The fourth-order valence-corrected chi connectivity index (χ4v) is 5.00. The van der Waals surface area contributed by atoms with Crippen LogP contribution in [0.3, 0.4) is 0 Å². The number of halogens is 1. The van der Waals surface area contributed by atoms with E-state index in [4.69, 9.17) is 9.72 Å². The summed E-state index contributed by atoms with van der Waals surface area (Å²) >= 11 is 0. The summed E-state index contributed by atoms with van der Waals surface area (Å²) in [6, 6.07) is 12.0. The minimum Gasteiger partial charge on any atom is -0.493 e. The summed E-state index contributed by atoms with van der Waals surface area (Å²) in [6.07, 6.45) is 4.55. The van der Waals surface area contributed by atoms with E-state index in [0.717, 1.165) is 40.2 Å². The lowest BCUT2D eigenvalue weighted by Crippen LogP contribution is -2.39. The molecular formula is C28H26FN5O3. The smallest absolute Gasteiger partial charge is 0.270 e. The number of nitrogens with one attached hydrogen (secondary N) is 1. The Balaban J connectivity index is 1.27. The molecule has 8 nitrogen and oxygen atoms in total. The van der Waals surface area contributed by atoms with Gasteiger partial charge in [-0.25, -0.2) is 14.4 Å². The number of carbonyl (C=O) groups excluding carboxylic acids is 1. The molecule has 1 amide bonds. The molecule has 2 aliphatic rings. The zero-order valence-electron chi connectivity index (χ0n) is 20.4. The van der Waals surface area contributed by atoms with Crippen molar-refractivity contribution in [3.63, 3.8) is 0 Å². The molecule has 2 aromatic heterocycles. The molecule has 4 aromatic rings. The molecule has 0 aliphatic carbocycles. The van der Waals surface area contributed by atoms with Gasteiger partial charge in [0.25, 0.3) is 5.91 Å². The molecule has 0 atom stereocenters. The van der Waals surface area contributed by atoms with Gasteiger partial charge in [-0.15, -0.1) is 0 Å². The van der Waals surface area contributed by atoms with Crippen LogP contribution in [0.2, 0.25) is 0 Å². The van der Waals surface area contributed by atoms with Crippen molar-refractivity contribution in [3.05, 3.63) is 88.6 Å². The number of aliphatic hydroxyl groups excluding tert-OH is 1. The van der Waals surface area contributed by atoms with E-state index >= 15 is 0 Å². The zero-order chi connectivity index (χ0) is 25.5. The normalized spacial score (nSPS) is 14.4. The molecule has 2 aromatic carbocycles. The van der Waals surface area contributed by atoms with Crippen LogP contribution in [-0.2, 0) is 26.1 Å². The standard InChI is InChI=1S/C28H26FN5O3/c1-17-13-30-28(31-23-3-2-4-25-22(23)7-10-37-25)32-26(17)20-12-24-27(36)34(9-8-33(24)15-20)14-19-11-21(29)6-5-18(19)16-35/h2-6,11-13,15,35H,7-10,14,16H2,1H3,(H,30,31,32). The maximum Gasteiger partial charge on any atom is 0.270 e. The lowest BCUT2D eigenvalue weighted by Gasteiger charge is -2.29. The van der Waals surface area contributed by atoms with Crippen molar-refractivity contribution < 1.29 is 19.0 Å². The molecule has 0 spiro atoms. The minimum absolute atomic E-state index is 0.143. The second-order valence-corrected chi connectivity index (χ2v) is 9.34. The predicted molar refractivity (Wildman–Crippen MR) is 136 cm³/mol. The Hall–Kier alpha value is -4.24. The van der Waals surface area contributed by atoms with Crippen LogP contribution in [0.1, 0.15) is 32.7 Å². The highest BCUT2D eigenvalue weighted by Crippen LogP contribution is 2.33. The van der Waals surface area contributed by atoms with Crippen molar-refractivity contribution in [3.8, 4) is 17.0 Å². The number of aliphatic hydroxyl groups is 1. The summed E-state index contributed by atoms with van der Waals surface area (Å²) in [5.74, 6) is 0.819. The third-order valence-electron chi connectivity index (χ3n) is 6.95. The van der Waals surface area contributed by atoms with Crippen LogP contribution >= 0.6 is 0 Å². The first-order valence-electron chi connectivity index (χ1n) is 12.2. The van der Waals surface area contributed by atoms with Gasteiger partial charge in [0.1, 0.15) is 17.3 Å². The summed E-state index contributed by atoms with van der Waals surface area (Å²) in [6.45, 7) is 3.72.